The molecule has 0 aliphatic heterocycles. The van der Waals surface area contributed by atoms with Gasteiger partial charge in [-0.05, 0) is 145 Å². The van der Waals surface area contributed by atoms with Gasteiger partial charge in [0.2, 0.25) is 0 Å². The molecule has 0 unspecified atom stereocenters. The molecule has 4 nitrogen and oxygen atoms in total. The predicted octanol–water partition coefficient (Wildman–Crippen LogP) is 17.3. The first-order valence-corrected chi connectivity index (χ1v) is 23.4. The van der Waals surface area contributed by atoms with Gasteiger partial charge in [-0.2, -0.15) is 0 Å². The van der Waals surface area contributed by atoms with Gasteiger partial charge in [0.15, 0.2) is 0 Å². The summed E-state index contributed by atoms with van der Waals surface area (Å²) >= 11 is 0. The first-order chi connectivity index (χ1) is 33.5. The molecule has 2 heterocycles. The summed E-state index contributed by atoms with van der Waals surface area (Å²) < 4.78 is 38.8. The average molecular weight is 882 g/mol. The van der Waals surface area contributed by atoms with Crippen LogP contribution in [0.5, 0.6) is 5.75 Å². The van der Waals surface area contributed by atoms with E-state index in [0.717, 1.165) is 78.0 Å². The van der Waals surface area contributed by atoms with Crippen LogP contribution in [0.25, 0.3) is 83.9 Å². The number of fused-ring (bicyclic) bond motifs is 1. The number of phenolic OH excluding ortho intramolecular Hbond substituents is 1. The molecule has 0 radical (unpaired) electrons. The molecule has 0 saturated carbocycles. The third-order valence-corrected chi connectivity index (χ3v) is 13.0. The summed E-state index contributed by atoms with van der Waals surface area (Å²) in [5.74, 6) is -0.318. The number of imidazole rings is 1. The van der Waals surface area contributed by atoms with Crippen LogP contribution in [-0.2, 0) is 10.8 Å². The Hall–Kier alpha value is -7.04. The highest BCUT2D eigenvalue weighted by atomic mass is 16.3. The van der Waals surface area contributed by atoms with Crippen LogP contribution in [0, 0.1) is 6.85 Å². The summed E-state index contributed by atoms with van der Waals surface area (Å²) in [7, 11) is 0. The lowest BCUT2D eigenvalue weighted by Crippen LogP contribution is -2.17. The molecule has 0 atom stereocenters. The van der Waals surface area contributed by atoms with Gasteiger partial charge in [0.05, 0.1) is 28.0 Å². The van der Waals surface area contributed by atoms with Crippen LogP contribution >= 0.6 is 0 Å². The fourth-order valence-electron chi connectivity index (χ4n) is 9.37. The Morgan fingerprint density at radius 2 is 1.22 bits per heavy atom. The van der Waals surface area contributed by atoms with Gasteiger partial charge in [-0.15, -0.1) is 0 Å². The second kappa shape index (κ2) is 17.6. The largest absolute Gasteiger partial charge is 0.507 e. The van der Waals surface area contributed by atoms with Gasteiger partial charge in [0.1, 0.15) is 11.6 Å². The predicted molar refractivity (Wildman–Crippen MR) is 283 cm³/mol. The molecule has 0 aliphatic carbocycles. The fourth-order valence-corrected chi connectivity index (χ4v) is 9.37. The van der Waals surface area contributed by atoms with Crippen molar-refractivity contribution < 1.29 is 10.6 Å². The SMILES string of the molecule is [2H]C([2H])([2H])c1cc(-c2c(C(C)C)cccc2C([2H])(C)C)ccc1-n1c(-c2cc(C(C)(C)C)cc(C(C)(C)C)c2O)nc2c(-c3cc(-c4ccccc4)cc(-c4cc(-c5ccccc5)ccn4)c3)cccc21. The number of nitrogens with zero attached hydrogens (tertiary/aromatic N) is 3. The van der Waals surface area contributed by atoms with E-state index in [-0.39, 0.29) is 22.6 Å². The minimum absolute atomic E-state index is 0.0987. The number of hydrogen-bond donors (Lipinski definition) is 1. The molecule has 9 aromatic rings. The standard InChI is InChI=1S/C63H63N3O/c1-39(2)50-24-18-25-51(40(3)4)58(50)45-28-29-56(41(5)32-45)66-57-27-19-26-52(59(57)65-61(66)53-37-49(62(6,7)8)38-54(60(53)67)63(9,10)11)47-33-46(43-22-16-13-17-23-43)34-48(35-47)55-36-44(30-31-64-55)42-20-14-12-15-21-42/h12-40,67H,1-11H3/i5D3,39D. The molecule has 0 amide bonds. The normalized spacial score (nSPS) is 13.4. The minimum atomic E-state index is -2.58. The van der Waals surface area contributed by atoms with E-state index in [0.29, 0.717) is 28.1 Å². The summed E-state index contributed by atoms with van der Waals surface area (Å²) in [6.45, 7) is 18.2. The van der Waals surface area contributed by atoms with Crippen LogP contribution in [0.15, 0.2) is 164 Å². The van der Waals surface area contributed by atoms with E-state index < -0.39 is 18.2 Å². The van der Waals surface area contributed by atoms with Gasteiger partial charge in [-0.25, -0.2) is 4.98 Å². The van der Waals surface area contributed by atoms with Crippen LogP contribution in [0.3, 0.4) is 0 Å². The number of phenols is 1. The number of aryl methyl sites for hydroxylation is 1. The quantitative estimate of drug-likeness (QED) is 0.157. The Labute approximate surface area is 403 Å². The maximum absolute atomic E-state index is 12.6. The molecule has 4 heteroatoms. The second-order valence-electron chi connectivity index (χ2n) is 20.5. The van der Waals surface area contributed by atoms with Crippen molar-refractivity contribution in [1.82, 2.24) is 14.5 Å². The molecule has 1 N–H and O–H groups in total. The Kier molecular flexibility index (Phi) is 10.6. The molecule has 0 aliphatic rings. The lowest BCUT2D eigenvalue weighted by Gasteiger charge is -2.27. The van der Waals surface area contributed by atoms with Gasteiger partial charge < -0.3 is 5.11 Å². The van der Waals surface area contributed by atoms with Crippen molar-refractivity contribution in [1.29, 1.82) is 0 Å². The van der Waals surface area contributed by atoms with Gasteiger partial charge in [-0.1, -0.05) is 172 Å². The number of para-hydroxylation sites is 1. The summed E-state index contributed by atoms with van der Waals surface area (Å²) in [4.78, 5) is 10.5. The summed E-state index contributed by atoms with van der Waals surface area (Å²) in [6.07, 6.45) is 1.86. The van der Waals surface area contributed by atoms with Crippen molar-refractivity contribution in [2.75, 3.05) is 0 Å². The third-order valence-electron chi connectivity index (χ3n) is 13.0. The molecule has 0 bridgehead atoms. The summed E-state index contributed by atoms with van der Waals surface area (Å²) in [5.41, 5.74) is 14.6. The zero-order valence-corrected chi connectivity index (χ0v) is 40.5. The van der Waals surface area contributed by atoms with Gasteiger partial charge in [-0.3, -0.25) is 9.55 Å². The Bertz CT molecular complexity index is 3440. The highest BCUT2D eigenvalue weighted by Crippen LogP contribution is 2.46. The first-order valence-electron chi connectivity index (χ1n) is 25.4. The minimum Gasteiger partial charge on any atom is -0.507 e. The topological polar surface area (TPSA) is 50.9 Å². The summed E-state index contributed by atoms with van der Waals surface area (Å²) in [6, 6.07) is 53.2. The molecular formula is C63H63N3O. The molecule has 9 rings (SSSR count). The average Bonchev–Trinajstić information content (AvgIpc) is 3.72. The maximum Gasteiger partial charge on any atom is 0.149 e. The second-order valence-corrected chi connectivity index (χ2v) is 20.5. The van der Waals surface area contributed by atoms with Crippen LogP contribution in [0.4, 0.5) is 0 Å². The Balaban J connectivity index is 1.37. The molecule has 0 spiro atoms. The molecule has 2 aromatic heterocycles. The van der Waals surface area contributed by atoms with Crippen LogP contribution in [0.1, 0.15) is 114 Å². The van der Waals surface area contributed by atoms with Crippen molar-refractivity contribution in [3.8, 4) is 78.6 Å². The van der Waals surface area contributed by atoms with Crippen molar-refractivity contribution in [3.63, 3.8) is 0 Å². The van der Waals surface area contributed by atoms with E-state index in [1.165, 1.54) is 0 Å². The van der Waals surface area contributed by atoms with Crippen LogP contribution in [0.2, 0.25) is 0 Å². The monoisotopic (exact) mass is 882 g/mol. The lowest BCUT2D eigenvalue weighted by atomic mass is 9.79. The van der Waals surface area contributed by atoms with E-state index in [1.54, 1.807) is 6.07 Å². The molecule has 0 fully saturated rings. The number of hydrogen-bond acceptors (Lipinski definition) is 3. The Morgan fingerprint density at radius 3 is 1.88 bits per heavy atom. The van der Waals surface area contributed by atoms with E-state index >= 15 is 0 Å². The van der Waals surface area contributed by atoms with E-state index in [2.05, 4.69) is 122 Å². The molecule has 67 heavy (non-hydrogen) atoms. The number of pyridine rings is 1. The molecular weight excluding hydrogens is 815 g/mol. The third kappa shape index (κ3) is 8.74. The lowest BCUT2D eigenvalue weighted by molar-refractivity contribution is 0.446. The zero-order valence-electron chi connectivity index (χ0n) is 44.5. The number of aromatic hydroxyl groups is 1. The highest BCUT2D eigenvalue weighted by molar-refractivity contribution is 5.98. The van der Waals surface area contributed by atoms with Crippen molar-refractivity contribution >= 4 is 11.0 Å². The van der Waals surface area contributed by atoms with Crippen LogP contribution < -0.4 is 0 Å². The van der Waals surface area contributed by atoms with Crippen molar-refractivity contribution in [3.05, 3.63) is 192 Å². The summed E-state index contributed by atoms with van der Waals surface area (Å²) in [5, 5.41) is 12.6. The molecule has 0 saturated heterocycles. The molecule has 336 valence electrons. The Morgan fingerprint density at radius 1 is 0.567 bits per heavy atom. The number of aromatic nitrogens is 3. The maximum atomic E-state index is 12.6. The fraction of sp³-hybridized carbons (Fsp3) is 0.238. The number of rotatable bonds is 9. The first kappa shape index (κ1) is 40.3. The van der Waals surface area contributed by atoms with Gasteiger partial charge >= 0.3 is 0 Å². The van der Waals surface area contributed by atoms with E-state index in [4.69, 9.17) is 9.97 Å². The van der Waals surface area contributed by atoms with Gasteiger partial charge in [0, 0.05) is 28.4 Å². The van der Waals surface area contributed by atoms with Crippen molar-refractivity contribution in [2.45, 2.75) is 98.7 Å². The van der Waals surface area contributed by atoms with Crippen molar-refractivity contribution in [2.24, 2.45) is 0 Å². The van der Waals surface area contributed by atoms with Crippen LogP contribution in [-0.4, -0.2) is 19.6 Å². The number of benzene rings is 7. The molecule has 7 aromatic carbocycles. The van der Waals surface area contributed by atoms with E-state index in [9.17, 15) is 10.6 Å². The van der Waals surface area contributed by atoms with Gasteiger partial charge in [0.25, 0.3) is 0 Å². The highest BCUT2D eigenvalue weighted by Gasteiger charge is 2.29. The zero-order chi connectivity index (χ0) is 50.8. The van der Waals surface area contributed by atoms with E-state index in [1.807, 2.05) is 110 Å². The smallest absolute Gasteiger partial charge is 0.149 e.